The fourth-order valence-electron chi connectivity index (χ4n) is 8.08. The van der Waals surface area contributed by atoms with Crippen molar-refractivity contribution in [3.8, 4) is 0 Å². The highest BCUT2D eigenvalue weighted by Crippen LogP contribution is 2.43. The minimum Gasteiger partial charge on any atom is -0.345 e. The Bertz CT molecular complexity index is 2420. The first kappa shape index (κ1) is 39.1. The molecule has 0 N–H and O–H groups in total. The predicted molar refractivity (Wildman–Crippen MR) is 243 cm³/mol. The van der Waals surface area contributed by atoms with E-state index in [4.69, 9.17) is 0 Å². The van der Waals surface area contributed by atoms with Gasteiger partial charge in [0.25, 0.3) is 0 Å². The molecule has 6 aromatic carbocycles. The number of anilines is 4. The van der Waals surface area contributed by atoms with E-state index in [-0.39, 0.29) is 11.2 Å². The van der Waals surface area contributed by atoms with Crippen LogP contribution >= 0.6 is 11.3 Å². The monoisotopic (exact) mass is 758 g/mol. The van der Waals surface area contributed by atoms with Gasteiger partial charge in [-0.1, -0.05) is 127 Å². The Morgan fingerprint density at radius 3 is 1.88 bits per heavy atom. The molecule has 4 heteroatoms. The molecule has 0 aliphatic rings. The van der Waals surface area contributed by atoms with Crippen LogP contribution in [-0.4, -0.2) is 7.05 Å². The van der Waals surface area contributed by atoms with Gasteiger partial charge in [-0.15, -0.1) is 11.3 Å². The highest BCUT2D eigenvalue weighted by molar-refractivity contribution is 7.25. The molecule has 1 unspecified atom stereocenters. The topological polar surface area (TPSA) is 6.48 Å². The van der Waals surface area contributed by atoms with Crippen molar-refractivity contribution in [1.82, 2.24) is 0 Å². The third-order valence-corrected chi connectivity index (χ3v) is 12.8. The molecule has 56 heavy (non-hydrogen) atoms. The van der Waals surface area contributed by atoms with Crippen LogP contribution in [-0.2, 0) is 5.41 Å². The molecule has 0 bridgehead atoms. The van der Waals surface area contributed by atoms with Crippen LogP contribution in [0.4, 0.5) is 27.1 Å². The lowest BCUT2D eigenvalue weighted by atomic mass is 9.77. The number of halogens is 1. The second kappa shape index (κ2) is 16.9. The lowest BCUT2D eigenvalue weighted by molar-refractivity contribution is 0.619. The summed E-state index contributed by atoms with van der Waals surface area (Å²) < 4.78 is 16.1. The highest BCUT2D eigenvalue weighted by Gasteiger charge is 2.25. The predicted octanol–water partition coefficient (Wildman–Crippen LogP) is 16.0. The van der Waals surface area contributed by atoms with E-state index in [0.717, 1.165) is 35.6 Å². The molecule has 0 saturated heterocycles. The van der Waals surface area contributed by atoms with Crippen molar-refractivity contribution >= 4 is 60.0 Å². The van der Waals surface area contributed by atoms with Crippen LogP contribution in [0, 0.1) is 5.82 Å². The van der Waals surface area contributed by atoms with Gasteiger partial charge in [0.15, 0.2) is 0 Å². The van der Waals surface area contributed by atoms with Crippen molar-refractivity contribution < 1.29 is 4.39 Å². The number of allylic oxidation sites excluding steroid dienone is 1. The first-order valence-electron chi connectivity index (χ1n) is 20.3. The molecule has 7 aromatic rings. The summed E-state index contributed by atoms with van der Waals surface area (Å²) in [6.07, 6.45) is 5.82. The molecule has 0 aliphatic heterocycles. The smallest absolute Gasteiger partial charge is 0.123 e. The molecule has 0 radical (unpaired) electrons. The molecule has 2 nitrogen and oxygen atoms in total. The highest BCUT2D eigenvalue weighted by atomic mass is 32.1. The molecule has 0 saturated carbocycles. The van der Waals surface area contributed by atoms with Gasteiger partial charge in [-0.3, -0.25) is 0 Å². The van der Waals surface area contributed by atoms with Crippen molar-refractivity contribution in [2.45, 2.75) is 85.0 Å². The van der Waals surface area contributed by atoms with Crippen LogP contribution in [0.1, 0.15) is 102 Å². The van der Waals surface area contributed by atoms with Crippen molar-refractivity contribution in [1.29, 1.82) is 0 Å². The molecule has 1 heterocycles. The average molecular weight is 759 g/mol. The van der Waals surface area contributed by atoms with E-state index in [2.05, 4.69) is 167 Å². The Morgan fingerprint density at radius 2 is 1.23 bits per heavy atom. The standard InChI is InChI=1S/C52H55FN2S/c1-8-10-15-36(3)38-18-21-40(22-19-38)52(5,6)41-23-27-45(28-24-41)55(44-16-12-11-13-17-44)51(37(4)14-9-2)39-20-32-47-48-33-31-46(35-50(48)56-49(47)34-39)54(7)43-29-25-42(53)26-30-43/h11-13,16-36H,8-10,14-15H2,1-7H3/b51-37+. The SMILES string of the molecule is CCCCC(C)c1ccc(C(C)(C)c2ccc(N(/C(=C(\C)CCC)c3ccc4c(c3)sc3cc(N(C)c5ccc(F)cc5)ccc34)c3ccccc3)cc2)cc1. The van der Waals surface area contributed by atoms with Crippen molar-refractivity contribution in [2.75, 3.05) is 16.8 Å². The van der Waals surface area contributed by atoms with Gasteiger partial charge in [-0.05, 0) is 120 Å². The van der Waals surface area contributed by atoms with Crippen molar-refractivity contribution in [3.05, 3.63) is 173 Å². The van der Waals surface area contributed by atoms with Crippen LogP contribution < -0.4 is 9.80 Å². The number of para-hydroxylation sites is 1. The van der Waals surface area contributed by atoms with E-state index in [1.807, 2.05) is 30.5 Å². The number of nitrogens with zero attached hydrogens (tertiary/aromatic N) is 2. The molecule has 1 aromatic heterocycles. The van der Waals surface area contributed by atoms with Gasteiger partial charge in [0.1, 0.15) is 5.82 Å². The third kappa shape index (κ3) is 8.04. The maximum Gasteiger partial charge on any atom is 0.123 e. The van der Waals surface area contributed by atoms with E-state index >= 15 is 0 Å². The van der Waals surface area contributed by atoms with Gasteiger partial charge < -0.3 is 9.80 Å². The maximum absolute atomic E-state index is 13.7. The van der Waals surface area contributed by atoms with Crippen LogP contribution in [0.3, 0.4) is 0 Å². The number of unbranched alkanes of at least 4 members (excludes halogenated alkanes) is 1. The quantitative estimate of drug-likeness (QED) is 0.109. The zero-order valence-electron chi connectivity index (χ0n) is 34.1. The van der Waals surface area contributed by atoms with Crippen LogP contribution in [0.25, 0.3) is 25.9 Å². The molecule has 1 atom stereocenters. The molecule has 7 rings (SSSR count). The minimum absolute atomic E-state index is 0.141. The van der Waals surface area contributed by atoms with Gasteiger partial charge in [-0.25, -0.2) is 4.39 Å². The molecule has 0 amide bonds. The van der Waals surface area contributed by atoms with Gasteiger partial charge in [0.05, 0.1) is 5.70 Å². The number of hydrogen-bond acceptors (Lipinski definition) is 3. The minimum atomic E-state index is -0.226. The van der Waals surface area contributed by atoms with E-state index < -0.39 is 0 Å². The van der Waals surface area contributed by atoms with E-state index in [0.29, 0.717) is 5.92 Å². The normalized spacial score (nSPS) is 12.9. The summed E-state index contributed by atoms with van der Waals surface area (Å²) in [7, 11) is 2.03. The zero-order chi connectivity index (χ0) is 39.4. The second-order valence-corrected chi connectivity index (χ2v) is 17.0. The van der Waals surface area contributed by atoms with Crippen molar-refractivity contribution in [3.63, 3.8) is 0 Å². The summed E-state index contributed by atoms with van der Waals surface area (Å²) in [6, 6.07) is 49.7. The largest absolute Gasteiger partial charge is 0.345 e. The Balaban J connectivity index is 1.26. The average Bonchev–Trinajstić information content (AvgIpc) is 3.59. The van der Waals surface area contributed by atoms with Gasteiger partial charge >= 0.3 is 0 Å². The lowest BCUT2D eigenvalue weighted by Crippen LogP contribution is -2.20. The van der Waals surface area contributed by atoms with Crippen LogP contribution in [0.15, 0.2) is 145 Å². The number of hydrogen-bond donors (Lipinski definition) is 0. The molecule has 0 spiro atoms. The Morgan fingerprint density at radius 1 is 0.661 bits per heavy atom. The first-order chi connectivity index (χ1) is 27.1. The second-order valence-electron chi connectivity index (χ2n) is 15.9. The van der Waals surface area contributed by atoms with Gasteiger partial charge in [0, 0.05) is 55.4 Å². The van der Waals surface area contributed by atoms with Gasteiger partial charge in [0.2, 0.25) is 0 Å². The van der Waals surface area contributed by atoms with Crippen molar-refractivity contribution in [2.24, 2.45) is 0 Å². The summed E-state index contributed by atoms with van der Waals surface area (Å²) in [5.74, 6) is 0.360. The lowest BCUT2D eigenvalue weighted by Gasteiger charge is -2.32. The van der Waals surface area contributed by atoms with E-state index in [1.54, 1.807) is 0 Å². The molecule has 0 fully saturated rings. The Labute approximate surface area is 337 Å². The summed E-state index contributed by atoms with van der Waals surface area (Å²) in [5.41, 5.74) is 12.0. The summed E-state index contributed by atoms with van der Waals surface area (Å²) in [5, 5.41) is 2.51. The molecule has 286 valence electrons. The number of thiophene rings is 1. The number of fused-ring (bicyclic) bond motifs is 3. The Hall–Kier alpha value is -5.19. The Kier molecular flexibility index (Phi) is 11.8. The summed E-state index contributed by atoms with van der Waals surface area (Å²) in [4.78, 5) is 4.57. The van der Waals surface area contributed by atoms with E-state index in [9.17, 15) is 4.39 Å². The van der Waals surface area contributed by atoms with Gasteiger partial charge in [-0.2, -0.15) is 0 Å². The molecular weight excluding hydrogens is 704 g/mol. The summed E-state index contributed by atoms with van der Waals surface area (Å²) in [6.45, 7) is 13.9. The van der Waals surface area contributed by atoms with Crippen LogP contribution in [0.2, 0.25) is 0 Å². The first-order valence-corrected chi connectivity index (χ1v) is 21.1. The number of benzene rings is 6. The fraction of sp³-hybridized carbons (Fsp3) is 0.269. The fourth-order valence-corrected chi connectivity index (χ4v) is 9.26. The molecule has 0 aliphatic carbocycles. The molecular formula is C52H55FN2S. The third-order valence-electron chi connectivity index (χ3n) is 11.6. The summed E-state index contributed by atoms with van der Waals surface area (Å²) >= 11 is 1.83. The van der Waals surface area contributed by atoms with Crippen LogP contribution in [0.5, 0.6) is 0 Å². The van der Waals surface area contributed by atoms with E-state index in [1.165, 1.54) is 85.1 Å². The zero-order valence-corrected chi connectivity index (χ0v) is 34.9. The number of rotatable bonds is 14. The maximum atomic E-state index is 13.7.